The van der Waals surface area contributed by atoms with Gasteiger partial charge < -0.3 is 5.73 Å². The second-order valence-electron chi connectivity index (χ2n) is 5.49. The van der Waals surface area contributed by atoms with E-state index >= 15 is 0 Å². The van der Waals surface area contributed by atoms with E-state index in [1.54, 1.807) is 12.1 Å². The molecule has 1 aromatic rings. The first-order valence-electron chi connectivity index (χ1n) is 6.87. The van der Waals surface area contributed by atoms with Crippen molar-refractivity contribution in [2.45, 2.75) is 29.7 Å². The molecule has 0 amide bonds. The maximum Gasteiger partial charge on any atom is 0.178 e. The standard InChI is InChI=1S/C14H20N2O2S/c15-11-14(16-8-3-4-9-16)7-10-19(17,18)13-6-2-1-5-12(13)14/h1-2,5-6H,3-4,7-11,15H2. The zero-order valence-corrected chi connectivity index (χ0v) is 11.8. The predicted molar refractivity (Wildman–Crippen MR) is 74.7 cm³/mol. The van der Waals surface area contributed by atoms with E-state index in [0.717, 1.165) is 18.7 Å². The van der Waals surface area contributed by atoms with Gasteiger partial charge in [-0.2, -0.15) is 0 Å². The van der Waals surface area contributed by atoms with Gasteiger partial charge in [-0.05, 0) is 44.0 Å². The summed E-state index contributed by atoms with van der Waals surface area (Å²) in [7, 11) is -3.13. The van der Waals surface area contributed by atoms with E-state index in [1.807, 2.05) is 12.1 Å². The topological polar surface area (TPSA) is 63.4 Å². The lowest BCUT2D eigenvalue weighted by Gasteiger charge is -2.45. The van der Waals surface area contributed by atoms with Gasteiger partial charge in [0.15, 0.2) is 9.84 Å². The average molecular weight is 280 g/mol. The molecule has 0 aliphatic carbocycles. The summed E-state index contributed by atoms with van der Waals surface area (Å²) in [5.74, 6) is 0.206. The summed E-state index contributed by atoms with van der Waals surface area (Å²) >= 11 is 0. The van der Waals surface area contributed by atoms with Crippen LogP contribution in [0, 0.1) is 0 Å². The van der Waals surface area contributed by atoms with Gasteiger partial charge in [0.25, 0.3) is 0 Å². The molecule has 4 nitrogen and oxygen atoms in total. The molecule has 1 fully saturated rings. The van der Waals surface area contributed by atoms with Crippen molar-refractivity contribution >= 4 is 9.84 Å². The van der Waals surface area contributed by atoms with Crippen molar-refractivity contribution in [3.63, 3.8) is 0 Å². The first kappa shape index (κ1) is 13.1. The number of rotatable bonds is 2. The quantitative estimate of drug-likeness (QED) is 0.881. The van der Waals surface area contributed by atoms with Crippen LogP contribution in [0.25, 0.3) is 0 Å². The molecule has 104 valence electrons. The van der Waals surface area contributed by atoms with Gasteiger partial charge in [-0.15, -0.1) is 0 Å². The highest BCUT2D eigenvalue weighted by Gasteiger charge is 2.45. The zero-order chi connectivity index (χ0) is 13.5. The molecular weight excluding hydrogens is 260 g/mol. The molecular formula is C14H20N2O2S. The third-order valence-electron chi connectivity index (χ3n) is 4.56. The van der Waals surface area contributed by atoms with E-state index in [1.165, 1.54) is 12.8 Å². The lowest BCUT2D eigenvalue weighted by molar-refractivity contribution is 0.113. The van der Waals surface area contributed by atoms with E-state index in [2.05, 4.69) is 4.90 Å². The first-order chi connectivity index (χ1) is 9.10. The van der Waals surface area contributed by atoms with Crippen LogP contribution in [0.3, 0.4) is 0 Å². The number of nitrogens with zero attached hydrogens (tertiary/aromatic N) is 1. The number of fused-ring (bicyclic) bond motifs is 1. The van der Waals surface area contributed by atoms with Crippen molar-refractivity contribution in [3.8, 4) is 0 Å². The maximum atomic E-state index is 12.2. The smallest absolute Gasteiger partial charge is 0.178 e. The molecule has 2 aliphatic rings. The first-order valence-corrected chi connectivity index (χ1v) is 8.53. The summed E-state index contributed by atoms with van der Waals surface area (Å²) in [6.07, 6.45) is 2.97. The molecule has 0 saturated carbocycles. The molecule has 1 saturated heterocycles. The van der Waals surface area contributed by atoms with E-state index in [-0.39, 0.29) is 11.3 Å². The molecule has 0 spiro atoms. The van der Waals surface area contributed by atoms with Crippen molar-refractivity contribution in [3.05, 3.63) is 29.8 Å². The Morgan fingerprint density at radius 3 is 2.58 bits per heavy atom. The SMILES string of the molecule is NCC1(N2CCCC2)CCS(=O)(=O)c2ccccc21. The van der Waals surface area contributed by atoms with Gasteiger partial charge in [0.1, 0.15) is 0 Å². The van der Waals surface area contributed by atoms with Crippen LogP contribution in [0.15, 0.2) is 29.2 Å². The lowest BCUT2D eigenvalue weighted by atomic mass is 9.85. The highest BCUT2D eigenvalue weighted by atomic mass is 32.2. The third kappa shape index (κ3) is 1.91. The normalized spacial score (nSPS) is 30.2. The predicted octanol–water partition coefficient (Wildman–Crippen LogP) is 1.11. The molecule has 0 bridgehead atoms. The summed E-state index contributed by atoms with van der Waals surface area (Å²) in [4.78, 5) is 2.87. The lowest BCUT2D eigenvalue weighted by Crippen LogP contribution is -2.53. The third-order valence-corrected chi connectivity index (χ3v) is 6.32. The van der Waals surface area contributed by atoms with Crippen LogP contribution in [0.2, 0.25) is 0 Å². The van der Waals surface area contributed by atoms with Gasteiger partial charge in [0.05, 0.1) is 16.2 Å². The van der Waals surface area contributed by atoms with E-state index < -0.39 is 9.84 Å². The summed E-state index contributed by atoms with van der Waals surface area (Å²) in [5, 5.41) is 0. The molecule has 1 aromatic carbocycles. The van der Waals surface area contributed by atoms with Gasteiger partial charge >= 0.3 is 0 Å². The second kappa shape index (κ2) is 4.58. The Hall–Kier alpha value is -0.910. The Labute approximate surface area is 114 Å². The van der Waals surface area contributed by atoms with Crippen LogP contribution in [0.1, 0.15) is 24.8 Å². The summed E-state index contributed by atoms with van der Waals surface area (Å²) in [5.41, 5.74) is 6.71. The number of benzene rings is 1. The monoisotopic (exact) mass is 280 g/mol. The minimum absolute atomic E-state index is 0.206. The van der Waals surface area contributed by atoms with E-state index in [0.29, 0.717) is 17.9 Å². The van der Waals surface area contributed by atoms with Crippen molar-refractivity contribution in [1.29, 1.82) is 0 Å². The van der Waals surface area contributed by atoms with Gasteiger partial charge in [-0.25, -0.2) is 8.42 Å². The van der Waals surface area contributed by atoms with Crippen molar-refractivity contribution < 1.29 is 8.42 Å². The molecule has 2 aliphatic heterocycles. The zero-order valence-electron chi connectivity index (χ0n) is 11.0. The van der Waals surface area contributed by atoms with Gasteiger partial charge in [-0.3, -0.25) is 4.90 Å². The van der Waals surface area contributed by atoms with Crippen molar-refractivity contribution in [2.24, 2.45) is 5.73 Å². The molecule has 1 atom stereocenters. The fraction of sp³-hybridized carbons (Fsp3) is 0.571. The molecule has 1 unspecified atom stereocenters. The largest absolute Gasteiger partial charge is 0.328 e. The summed E-state index contributed by atoms with van der Waals surface area (Å²) in [6, 6.07) is 7.38. The average Bonchev–Trinajstić information content (AvgIpc) is 2.94. The minimum atomic E-state index is -3.13. The maximum absolute atomic E-state index is 12.2. The summed E-state index contributed by atoms with van der Waals surface area (Å²) < 4.78 is 24.5. The van der Waals surface area contributed by atoms with Crippen molar-refractivity contribution in [1.82, 2.24) is 4.90 Å². The van der Waals surface area contributed by atoms with Crippen molar-refractivity contribution in [2.75, 3.05) is 25.4 Å². The Morgan fingerprint density at radius 1 is 1.21 bits per heavy atom. The number of nitrogens with two attached hydrogens (primary N) is 1. The fourth-order valence-corrected chi connectivity index (χ4v) is 5.19. The number of likely N-dealkylation sites (tertiary alicyclic amines) is 1. The number of hydrogen-bond donors (Lipinski definition) is 1. The van der Waals surface area contributed by atoms with E-state index in [9.17, 15) is 8.42 Å². The Bertz CT molecular complexity index is 579. The minimum Gasteiger partial charge on any atom is -0.328 e. The highest BCUT2D eigenvalue weighted by molar-refractivity contribution is 7.91. The van der Waals surface area contributed by atoms with Crippen LogP contribution >= 0.6 is 0 Å². The highest BCUT2D eigenvalue weighted by Crippen LogP contribution is 2.42. The van der Waals surface area contributed by atoms with Gasteiger partial charge in [0.2, 0.25) is 0 Å². The van der Waals surface area contributed by atoms with E-state index in [4.69, 9.17) is 5.73 Å². The molecule has 3 rings (SSSR count). The molecule has 0 aromatic heterocycles. The van der Waals surface area contributed by atoms with Gasteiger partial charge in [-0.1, -0.05) is 18.2 Å². The van der Waals surface area contributed by atoms with Crippen LogP contribution in [0.5, 0.6) is 0 Å². The molecule has 19 heavy (non-hydrogen) atoms. The van der Waals surface area contributed by atoms with Gasteiger partial charge in [0, 0.05) is 6.54 Å². The molecule has 2 heterocycles. The Morgan fingerprint density at radius 2 is 1.89 bits per heavy atom. The number of hydrogen-bond acceptors (Lipinski definition) is 4. The number of sulfone groups is 1. The Kier molecular flexibility index (Phi) is 3.15. The molecule has 5 heteroatoms. The van der Waals surface area contributed by atoms with Crippen LogP contribution < -0.4 is 5.73 Å². The second-order valence-corrected chi connectivity index (χ2v) is 7.57. The molecule has 2 N–H and O–H groups in total. The van der Waals surface area contributed by atoms with Crippen LogP contribution in [0.4, 0.5) is 0 Å². The summed E-state index contributed by atoms with van der Waals surface area (Å²) in [6.45, 7) is 2.52. The Balaban J connectivity index is 2.17. The van der Waals surface area contributed by atoms with Crippen LogP contribution in [-0.2, 0) is 15.4 Å². The fourth-order valence-electron chi connectivity index (χ4n) is 3.48. The van der Waals surface area contributed by atoms with Crippen LogP contribution in [-0.4, -0.2) is 38.7 Å². The molecule has 0 radical (unpaired) electrons.